The number of hydrogen-bond acceptors (Lipinski definition) is 3. The summed E-state index contributed by atoms with van der Waals surface area (Å²) < 4.78 is 14.5. The van der Waals surface area contributed by atoms with Gasteiger partial charge in [0.05, 0.1) is 12.5 Å². The molecule has 5 nitrogen and oxygen atoms in total. The molecule has 0 bridgehead atoms. The molecule has 1 heterocycles. The van der Waals surface area contributed by atoms with Crippen molar-refractivity contribution in [1.82, 2.24) is 4.57 Å². The van der Waals surface area contributed by atoms with Crippen molar-refractivity contribution in [1.29, 1.82) is 0 Å². The molecular weight excluding hydrogens is 369 g/mol. The number of nitrogens with two attached hydrogens (primary N) is 1. The van der Waals surface area contributed by atoms with Crippen LogP contribution in [0.3, 0.4) is 0 Å². The Morgan fingerprint density at radius 1 is 1.30 bits per heavy atom. The van der Waals surface area contributed by atoms with Crippen LogP contribution >= 0.6 is 12.4 Å². The number of anilines is 1. The second-order valence-corrected chi connectivity index (χ2v) is 7.27. The molecule has 2 aromatic rings. The largest absolute Gasteiger partial charge is 0.325 e. The molecule has 2 unspecified atom stereocenters. The van der Waals surface area contributed by atoms with Gasteiger partial charge in [-0.05, 0) is 49.6 Å². The van der Waals surface area contributed by atoms with Crippen LogP contribution in [0.4, 0.5) is 10.1 Å². The first-order valence-electron chi connectivity index (χ1n) is 8.90. The third-order valence-electron chi connectivity index (χ3n) is 5.12. The summed E-state index contributed by atoms with van der Waals surface area (Å²) in [5, 5.41) is 2.76. The van der Waals surface area contributed by atoms with Crippen LogP contribution in [0.1, 0.15) is 38.2 Å². The van der Waals surface area contributed by atoms with Gasteiger partial charge in [0, 0.05) is 11.7 Å². The number of halogens is 2. The van der Waals surface area contributed by atoms with E-state index in [4.69, 9.17) is 5.73 Å². The monoisotopic (exact) mass is 393 g/mol. The fourth-order valence-corrected chi connectivity index (χ4v) is 3.55. The highest BCUT2D eigenvalue weighted by Gasteiger charge is 2.37. The highest BCUT2D eigenvalue weighted by atomic mass is 35.5. The molecule has 0 radical (unpaired) electrons. The second kappa shape index (κ2) is 8.67. The minimum atomic E-state index is -0.551. The minimum absolute atomic E-state index is 0. The lowest BCUT2D eigenvalue weighted by Gasteiger charge is -2.37. The number of carbonyl (C=O) groups is 1. The lowest BCUT2D eigenvalue weighted by molar-refractivity contribution is -0.122. The third-order valence-corrected chi connectivity index (χ3v) is 5.12. The molecule has 1 amide bonds. The Labute approximate surface area is 164 Å². The zero-order valence-corrected chi connectivity index (χ0v) is 16.1. The summed E-state index contributed by atoms with van der Waals surface area (Å²) in [5.74, 6) is -0.827. The number of benzene rings is 1. The van der Waals surface area contributed by atoms with Crippen molar-refractivity contribution in [2.24, 2.45) is 11.7 Å². The number of pyridine rings is 1. The van der Waals surface area contributed by atoms with Crippen molar-refractivity contribution < 1.29 is 9.18 Å². The van der Waals surface area contributed by atoms with Crippen LogP contribution in [0, 0.1) is 11.7 Å². The van der Waals surface area contributed by atoms with E-state index in [2.05, 4.69) is 5.32 Å². The molecule has 2 atom stereocenters. The molecule has 0 saturated heterocycles. The summed E-state index contributed by atoms with van der Waals surface area (Å²) in [6.07, 6.45) is 5.17. The predicted octanol–water partition coefficient (Wildman–Crippen LogP) is 3.30. The number of hydrogen-bond donors (Lipinski definition) is 2. The van der Waals surface area contributed by atoms with E-state index in [1.54, 1.807) is 30.5 Å². The fraction of sp³-hybridized carbons (Fsp3) is 0.400. The van der Waals surface area contributed by atoms with Crippen LogP contribution in [-0.2, 0) is 11.3 Å². The van der Waals surface area contributed by atoms with Crippen molar-refractivity contribution in [2.45, 2.75) is 44.7 Å². The van der Waals surface area contributed by atoms with Crippen LogP contribution < -0.4 is 16.6 Å². The van der Waals surface area contributed by atoms with E-state index >= 15 is 0 Å². The van der Waals surface area contributed by atoms with E-state index in [1.165, 1.54) is 16.7 Å². The molecular formula is C20H25ClFN3O2. The Kier molecular flexibility index (Phi) is 6.78. The third kappa shape index (κ3) is 4.96. The smallest absolute Gasteiger partial charge is 0.274 e. The Morgan fingerprint density at radius 3 is 2.67 bits per heavy atom. The molecule has 1 aliphatic rings. The quantitative estimate of drug-likeness (QED) is 0.836. The van der Waals surface area contributed by atoms with Gasteiger partial charge in [-0.3, -0.25) is 9.59 Å². The lowest BCUT2D eigenvalue weighted by atomic mass is 9.74. The van der Waals surface area contributed by atoms with E-state index in [9.17, 15) is 14.0 Å². The van der Waals surface area contributed by atoms with Gasteiger partial charge in [-0.2, -0.15) is 0 Å². The van der Waals surface area contributed by atoms with Crippen molar-refractivity contribution in [2.75, 3.05) is 5.32 Å². The molecule has 1 aromatic carbocycles. The standard InChI is InChI=1S/C20H24FN3O2.ClH/c1-20(22)11-3-2-5-16(20)18(25)23-17-6-4-12-24(19(17)26)13-14-7-9-15(21)10-8-14;/h4,6-10,12,16H,2-3,5,11,13,22H2,1H3,(H,23,25);1H. The summed E-state index contributed by atoms with van der Waals surface area (Å²) in [6, 6.07) is 9.29. The van der Waals surface area contributed by atoms with E-state index in [0.29, 0.717) is 6.54 Å². The van der Waals surface area contributed by atoms with Gasteiger partial charge in [-0.1, -0.05) is 25.0 Å². The van der Waals surface area contributed by atoms with Gasteiger partial charge in [0.25, 0.3) is 5.56 Å². The minimum Gasteiger partial charge on any atom is -0.325 e. The van der Waals surface area contributed by atoms with E-state index in [-0.39, 0.29) is 41.3 Å². The molecule has 0 spiro atoms. The van der Waals surface area contributed by atoms with Gasteiger partial charge < -0.3 is 15.6 Å². The highest BCUT2D eigenvalue weighted by Crippen LogP contribution is 2.32. The summed E-state index contributed by atoms with van der Waals surface area (Å²) in [6.45, 7) is 2.20. The van der Waals surface area contributed by atoms with Crippen molar-refractivity contribution in [3.05, 3.63) is 64.3 Å². The normalized spacial score (nSPS) is 22.0. The average Bonchev–Trinajstić information content (AvgIpc) is 2.60. The number of amides is 1. The fourth-order valence-electron chi connectivity index (χ4n) is 3.55. The Bertz CT molecular complexity index is 849. The molecule has 27 heavy (non-hydrogen) atoms. The van der Waals surface area contributed by atoms with Crippen LogP contribution in [0.5, 0.6) is 0 Å². The molecule has 1 aliphatic carbocycles. The first-order chi connectivity index (χ1) is 12.4. The van der Waals surface area contributed by atoms with Gasteiger partial charge in [-0.25, -0.2) is 4.39 Å². The maximum absolute atomic E-state index is 13.0. The van der Waals surface area contributed by atoms with Crippen molar-refractivity contribution in [3.8, 4) is 0 Å². The van der Waals surface area contributed by atoms with Gasteiger partial charge in [-0.15, -0.1) is 12.4 Å². The molecule has 7 heteroatoms. The lowest BCUT2D eigenvalue weighted by Crippen LogP contribution is -2.51. The molecule has 1 aromatic heterocycles. The summed E-state index contributed by atoms with van der Waals surface area (Å²) in [4.78, 5) is 25.3. The highest BCUT2D eigenvalue weighted by molar-refractivity contribution is 5.93. The first-order valence-corrected chi connectivity index (χ1v) is 8.90. The van der Waals surface area contributed by atoms with E-state index < -0.39 is 5.54 Å². The zero-order valence-electron chi connectivity index (χ0n) is 15.3. The second-order valence-electron chi connectivity index (χ2n) is 7.27. The van der Waals surface area contributed by atoms with E-state index in [0.717, 1.165) is 31.2 Å². The summed E-state index contributed by atoms with van der Waals surface area (Å²) >= 11 is 0. The van der Waals surface area contributed by atoms with Crippen LogP contribution in [0.25, 0.3) is 0 Å². The van der Waals surface area contributed by atoms with Crippen molar-refractivity contribution >= 4 is 24.0 Å². The van der Waals surface area contributed by atoms with Gasteiger partial charge in [0.1, 0.15) is 11.5 Å². The molecule has 3 N–H and O–H groups in total. The van der Waals surface area contributed by atoms with E-state index in [1.807, 2.05) is 6.92 Å². The summed E-state index contributed by atoms with van der Waals surface area (Å²) in [5.41, 5.74) is 6.48. The number of aromatic nitrogens is 1. The molecule has 0 aliphatic heterocycles. The topological polar surface area (TPSA) is 77.1 Å². The van der Waals surface area contributed by atoms with Gasteiger partial charge in [0.15, 0.2) is 0 Å². The maximum Gasteiger partial charge on any atom is 0.274 e. The van der Waals surface area contributed by atoms with Crippen molar-refractivity contribution in [3.63, 3.8) is 0 Å². The number of nitrogens with one attached hydrogen (secondary N) is 1. The Balaban J connectivity index is 0.00000261. The Morgan fingerprint density at radius 2 is 2.00 bits per heavy atom. The van der Waals surface area contributed by atoms with Crippen LogP contribution in [-0.4, -0.2) is 16.0 Å². The number of rotatable bonds is 4. The van der Waals surface area contributed by atoms with Gasteiger partial charge in [0.2, 0.25) is 5.91 Å². The van der Waals surface area contributed by atoms with Crippen LogP contribution in [0.2, 0.25) is 0 Å². The average molecular weight is 394 g/mol. The first kappa shape index (κ1) is 21.1. The SMILES string of the molecule is CC1(N)CCCCC1C(=O)Nc1cccn(Cc2ccc(F)cc2)c1=O.Cl. The van der Waals surface area contributed by atoms with Crippen LogP contribution in [0.15, 0.2) is 47.4 Å². The molecule has 1 saturated carbocycles. The maximum atomic E-state index is 13.0. The zero-order chi connectivity index (χ0) is 18.7. The molecule has 3 rings (SSSR count). The number of nitrogens with zero attached hydrogens (tertiary/aromatic N) is 1. The molecule has 1 fully saturated rings. The number of carbonyl (C=O) groups excluding carboxylic acids is 1. The Hall–Kier alpha value is -2.18. The predicted molar refractivity (Wildman–Crippen MR) is 107 cm³/mol. The summed E-state index contributed by atoms with van der Waals surface area (Å²) in [7, 11) is 0. The van der Waals surface area contributed by atoms with Gasteiger partial charge >= 0.3 is 0 Å². The molecule has 146 valence electrons.